The number of hydrogen-bond acceptors (Lipinski definition) is 5. The van der Waals surface area contributed by atoms with Crippen LogP contribution >= 0.6 is 0 Å². The van der Waals surface area contributed by atoms with Crippen molar-refractivity contribution in [3.63, 3.8) is 0 Å². The van der Waals surface area contributed by atoms with Crippen LogP contribution in [0.2, 0.25) is 0 Å². The number of carbonyl (C=O) groups is 2. The van der Waals surface area contributed by atoms with Crippen LogP contribution in [0.25, 0.3) is 0 Å². The molecule has 7 nitrogen and oxygen atoms in total. The van der Waals surface area contributed by atoms with Crippen molar-refractivity contribution in [1.29, 1.82) is 0 Å². The first-order valence-corrected chi connectivity index (χ1v) is 8.72. The first kappa shape index (κ1) is 20.1. The van der Waals surface area contributed by atoms with Gasteiger partial charge in [0.2, 0.25) is 0 Å². The van der Waals surface area contributed by atoms with Crippen molar-refractivity contribution in [1.82, 2.24) is 10.9 Å². The molecule has 0 saturated heterocycles. The van der Waals surface area contributed by atoms with Gasteiger partial charge in [-0.05, 0) is 42.8 Å². The molecule has 0 atom stereocenters. The maximum Gasteiger partial charge on any atom is 0.276 e. The number of methoxy groups -OCH3 is 1. The molecule has 0 saturated carbocycles. The van der Waals surface area contributed by atoms with Crippen LogP contribution in [0.15, 0.2) is 48.5 Å². The Kier molecular flexibility index (Phi) is 7.96. The van der Waals surface area contributed by atoms with Gasteiger partial charge in [-0.2, -0.15) is 0 Å². The molecule has 0 unspecified atom stereocenters. The molecular formula is C20H24N2O5. The van der Waals surface area contributed by atoms with E-state index in [1.165, 1.54) is 0 Å². The number of hydrazine groups is 1. The Balaban J connectivity index is 1.81. The van der Waals surface area contributed by atoms with Gasteiger partial charge in [0.15, 0.2) is 6.61 Å². The van der Waals surface area contributed by atoms with E-state index in [-0.39, 0.29) is 6.61 Å². The molecule has 2 amide bonds. The van der Waals surface area contributed by atoms with Gasteiger partial charge in [-0.25, -0.2) is 0 Å². The molecule has 0 fully saturated rings. The van der Waals surface area contributed by atoms with E-state index in [4.69, 9.17) is 14.2 Å². The summed E-state index contributed by atoms with van der Waals surface area (Å²) in [6.45, 7) is 2.36. The van der Waals surface area contributed by atoms with E-state index >= 15 is 0 Å². The summed E-state index contributed by atoms with van der Waals surface area (Å²) in [6.07, 6.45) is 1.90. The molecule has 144 valence electrons. The summed E-state index contributed by atoms with van der Waals surface area (Å²) in [6, 6.07) is 13.7. The molecule has 0 aliphatic heterocycles. The van der Waals surface area contributed by atoms with E-state index in [0.717, 1.165) is 12.8 Å². The van der Waals surface area contributed by atoms with E-state index in [1.807, 2.05) is 0 Å². The van der Waals surface area contributed by atoms with E-state index < -0.39 is 11.8 Å². The molecule has 0 aliphatic carbocycles. The fraction of sp³-hybridized carbons (Fsp3) is 0.300. The summed E-state index contributed by atoms with van der Waals surface area (Å²) < 4.78 is 16.0. The number of para-hydroxylation sites is 1. The molecule has 0 bridgehead atoms. The summed E-state index contributed by atoms with van der Waals surface area (Å²) in [5.74, 6) is 0.751. The number of nitrogens with one attached hydrogen (secondary N) is 2. The minimum Gasteiger partial charge on any atom is -0.497 e. The number of unbranched alkanes of at least 4 members (excludes halogenated alkanes) is 1. The molecule has 0 aliphatic rings. The normalized spacial score (nSPS) is 10.0. The van der Waals surface area contributed by atoms with Crippen LogP contribution in [-0.4, -0.2) is 32.1 Å². The second kappa shape index (κ2) is 10.7. The van der Waals surface area contributed by atoms with Gasteiger partial charge in [-0.1, -0.05) is 25.5 Å². The van der Waals surface area contributed by atoms with Crippen molar-refractivity contribution >= 4 is 11.8 Å². The van der Waals surface area contributed by atoms with Gasteiger partial charge < -0.3 is 14.2 Å². The monoisotopic (exact) mass is 372 g/mol. The standard InChI is InChI=1S/C20H24N2O5/c1-3-4-13-26-18-8-6-5-7-17(18)20(24)22-21-19(23)14-27-16-11-9-15(25-2)10-12-16/h5-12H,3-4,13-14H2,1-2H3,(H,21,23)(H,22,24). The SMILES string of the molecule is CCCCOc1ccccc1C(=O)NNC(=O)COc1ccc(OC)cc1. The zero-order valence-electron chi connectivity index (χ0n) is 15.5. The Labute approximate surface area is 158 Å². The Morgan fingerprint density at radius 3 is 2.33 bits per heavy atom. The van der Waals surface area contributed by atoms with Gasteiger partial charge in [0.1, 0.15) is 17.2 Å². The summed E-state index contributed by atoms with van der Waals surface area (Å²) in [5.41, 5.74) is 5.04. The van der Waals surface area contributed by atoms with E-state index in [2.05, 4.69) is 17.8 Å². The third-order valence-electron chi connectivity index (χ3n) is 3.63. The molecule has 2 N–H and O–H groups in total. The van der Waals surface area contributed by atoms with Crippen LogP contribution in [0.1, 0.15) is 30.1 Å². The number of rotatable bonds is 9. The highest BCUT2D eigenvalue weighted by Crippen LogP contribution is 2.18. The van der Waals surface area contributed by atoms with E-state index in [1.54, 1.807) is 55.6 Å². The summed E-state index contributed by atoms with van der Waals surface area (Å²) in [5, 5.41) is 0. The first-order valence-electron chi connectivity index (χ1n) is 8.72. The van der Waals surface area contributed by atoms with Crippen molar-refractivity contribution in [3.8, 4) is 17.2 Å². The van der Waals surface area contributed by atoms with Crippen molar-refractivity contribution in [2.45, 2.75) is 19.8 Å². The summed E-state index contributed by atoms with van der Waals surface area (Å²) in [4.78, 5) is 24.2. The van der Waals surface area contributed by atoms with Crippen molar-refractivity contribution in [2.24, 2.45) is 0 Å². The van der Waals surface area contributed by atoms with Crippen LogP contribution in [-0.2, 0) is 4.79 Å². The maximum atomic E-state index is 12.3. The topological polar surface area (TPSA) is 85.9 Å². The highest BCUT2D eigenvalue weighted by Gasteiger charge is 2.13. The highest BCUT2D eigenvalue weighted by molar-refractivity contribution is 5.97. The van der Waals surface area contributed by atoms with Crippen LogP contribution in [0, 0.1) is 0 Å². The first-order chi connectivity index (χ1) is 13.1. The number of hydrogen-bond donors (Lipinski definition) is 2. The molecule has 0 radical (unpaired) electrons. The second-order valence-electron chi connectivity index (χ2n) is 5.66. The Bertz CT molecular complexity index is 746. The smallest absolute Gasteiger partial charge is 0.276 e. The van der Waals surface area contributed by atoms with Gasteiger partial charge >= 0.3 is 0 Å². The Morgan fingerprint density at radius 2 is 1.63 bits per heavy atom. The van der Waals surface area contributed by atoms with E-state index in [0.29, 0.717) is 29.4 Å². The zero-order valence-corrected chi connectivity index (χ0v) is 15.5. The van der Waals surface area contributed by atoms with Crippen LogP contribution in [0.4, 0.5) is 0 Å². The molecule has 0 aromatic heterocycles. The zero-order chi connectivity index (χ0) is 19.5. The molecule has 0 spiro atoms. The minimum atomic E-state index is -0.483. The quantitative estimate of drug-likeness (QED) is 0.522. The Hall–Kier alpha value is -3.22. The molecule has 27 heavy (non-hydrogen) atoms. The summed E-state index contributed by atoms with van der Waals surface area (Å²) >= 11 is 0. The fourth-order valence-corrected chi connectivity index (χ4v) is 2.16. The predicted molar refractivity (Wildman–Crippen MR) is 101 cm³/mol. The van der Waals surface area contributed by atoms with Crippen molar-refractivity contribution < 1.29 is 23.8 Å². The predicted octanol–water partition coefficient (Wildman–Crippen LogP) is 2.71. The molecule has 7 heteroatoms. The summed E-state index contributed by atoms with van der Waals surface area (Å²) in [7, 11) is 1.57. The van der Waals surface area contributed by atoms with Gasteiger partial charge in [-0.3, -0.25) is 20.4 Å². The van der Waals surface area contributed by atoms with Crippen molar-refractivity contribution in [3.05, 3.63) is 54.1 Å². The molecular weight excluding hydrogens is 348 g/mol. The van der Waals surface area contributed by atoms with Gasteiger partial charge in [0.05, 0.1) is 19.3 Å². The highest BCUT2D eigenvalue weighted by atomic mass is 16.5. The third kappa shape index (κ3) is 6.54. The van der Waals surface area contributed by atoms with E-state index in [9.17, 15) is 9.59 Å². The largest absolute Gasteiger partial charge is 0.497 e. The number of amides is 2. The second-order valence-corrected chi connectivity index (χ2v) is 5.66. The average Bonchev–Trinajstić information content (AvgIpc) is 2.71. The Morgan fingerprint density at radius 1 is 0.926 bits per heavy atom. The lowest BCUT2D eigenvalue weighted by Gasteiger charge is -2.12. The average molecular weight is 372 g/mol. The van der Waals surface area contributed by atoms with Crippen LogP contribution in [0.3, 0.4) is 0 Å². The molecule has 2 rings (SSSR count). The lowest BCUT2D eigenvalue weighted by atomic mass is 10.2. The van der Waals surface area contributed by atoms with Crippen molar-refractivity contribution in [2.75, 3.05) is 20.3 Å². The molecule has 2 aromatic rings. The van der Waals surface area contributed by atoms with Gasteiger partial charge in [0, 0.05) is 0 Å². The van der Waals surface area contributed by atoms with Crippen LogP contribution < -0.4 is 25.1 Å². The molecule has 2 aromatic carbocycles. The third-order valence-corrected chi connectivity index (χ3v) is 3.63. The van der Waals surface area contributed by atoms with Crippen LogP contribution in [0.5, 0.6) is 17.2 Å². The minimum absolute atomic E-state index is 0.235. The lowest BCUT2D eigenvalue weighted by molar-refractivity contribution is -0.123. The number of ether oxygens (including phenoxy) is 3. The maximum absolute atomic E-state index is 12.3. The van der Waals surface area contributed by atoms with Gasteiger partial charge in [0.25, 0.3) is 11.8 Å². The lowest BCUT2D eigenvalue weighted by Crippen LogP contribution is -2.43. The number of carbonyl (C=O) groups excluding carboxylic acids is 2. The molecule has 0 heterocycles. The number of benzene rings is 2. The van der Waals surface area contributed by atoms with Gasteiger partial charge in [-0.15, -0.1) is 0 Å². The fourth-order valence-electron chi connectivity index (χ4n) is 2.16.